The van der Waals surface area contributed by atoms with Gasteiger partial charge in [0.15, 0.2) is 5.82 Å². The van der Waals surface area contributed by atoms with Crippen molar-refractivity contribution in [1.29, 1.82) is 0 Å². The third-order valence-electron chi connectivity index (χ3n) is 4.04. The highest BCUT2D eigenvalue weighted by Crippen LogP contribution is 2.29. The van der Waals surface area contributed by atoms with Crippen LogP contribution in [0.25, 0.3) is 22.4 Å². The first kappa shape index (κ1) is 14.4. The van der Waals surface area contributed by atoms with Gasteiger partial charge >= 0.3 is 0 Å². The molecule has 2 N–H and O–H groups in total. The van der Waals surface area contributed by atoms with Gasteiger partial charge in [0.25, 0.3) is 5.89 Å². The van der Waals surface area contributed by atoms with Gasteiger partial charge in [0.1, 0.15) is 5.75 Å². The van der Waals surface area contributed by atoms with Gasteiger partial charge in [-0.15, -0.1) is 0 Å². The zero-order chi connectivity index (χ0) is 16.5. The van der Waals surface area contributed by atoms with Crippen LogP contribution in [0.5, 0.6) is 5.75 Å². The lowest BCUT2D eigenvalue weighted by Crippen LogP contribution is -1.91. The molecular weight excluding hydrogens is 304 g/mol. The minimum absolute atomic E-state index is 0.156. The lowest BCUT2D eigenvalue weighted by Gasteiger charge is -2.01. The number of phenolic OH excluding ortho intramolecular Hbond substituents is 1. The Kier molecular flexibility index (Phi) is 3.49. The summed E-state index contributed by atoms with van der Waals surface area (Å²) in [7, 11) is 0. The highest BCUT2D eigenvalue weighted by Gasteiger charge is 2.13. The van der Waals surface area contributed by atoms with Crippen molar-refractivity contribution in [2.45, 2.75) is 19.8 Å². The smallest absolute Gasteiger partial charge is 0.261 e. The van der Waals surface area contributed by atoms with E-state index in [4.69, 9.17) is 4.52 Å². The molecule has 0 aliphatic rings. The largest absolute Gasteiger partial charge is 0.507 e. The Hall–Kier alpha value is -3.15. The second-order valence-electron chi connectivity index (χ2n) is 5.69. The van der Waals surface area contributed by atoms with E-state index in [0.29, 0.717) is 23.7 Å². The number of H-pyrrole nitrogens is 1. The van der Waals surface area contributed by atoms with E-state index in [1.54, 1.807) is 12.3 Å². The van der Waals surface area contributed by atoms with Gasteiger partial charge in [-0.1, -0.05) is 30.3 Å². The Morgan fingerprint density at radius 1 is 1.12 bits per heavy atom. The number of rotatable bonds is 4. The number of hydrogen-bond acceptors (Lipinski definition) is 5. The van der Waals surface area contributed by atoms with Crippen LogP contribution in [0.15, 0.2) is 47.1 Å². The number of aromatic hydroxyl groups is 1. The molecular formula is C18H16N4O2. The topological polar surface area (TPSA) is 87.8 Å². The Morgan fingerprint density at radius 3 is 2.83 bits per heavy atom. The molecule has 4 aromatic rings. The van der Waals surface area contributed by atoms with Crippen LogP contribution >= 0.6 is 0 Å². The molecule has 0 saturated carbocycles. The van der Waals surface area contributed by atoms with Crippen molar-refractivity contribution in [3.05, 3.63) is 59.5 Å². The first-order valence-electron chi connectivity index (χ1n) is 7.80. The van der Waals surface area contributed by atoms with Crippen LogP contribution in [-0.4, -0.2) is 25.4 Å². The molecule has 2 aromatic carbocycles. The van der Waals surface area contributed by atoms with Crippen LogP contribution in [-0.2, 0) is 12.8 Å². The van der Waals surface area contributed by atoms with Gasteiger partial charge in [-0.25, -0.2) is 0 Å². The van der Waals surface area contributed by atoms with Crippen LogP contribution in [0.2, 0.25) is 0 Å². The average molecular weight is 320 g/mol. The molecule has 0 bridgehead atoms. The van der Waals surface area contributed by atoms with E-state index in [-0.39, 0.29) is 5.75 Å². The molecule has 0 aliphatic heterocycles. The molecule has 0 aliphatic carbocycles. The summed E-state index contributed by atoms with van der Waals surface area (Å²) in [4.78, 5) is 4.40. The van der Waals surface area contributed by atoms with Gasteiger partial charge in [0.2, 0.25) is 0 Å². The number of fused-ring (bicyclic) bond motifs is 1. The van der Waals surface area contributed by atoms with E-state index in [1.807, 2.05) is 37.3 Å². The highest BCUT2D eigenvalue weighted by molar-refractivity contribution is 5.78. The number of benzene rings is 2. The molecule has 0 saturated heterocycles. The van der Waals surface area contributed by atoms with Crippen molar-refractivity contribution in [1.82, 2.24) is 20.3 Å². The van der Waals surface area contributed by atoms with Gasteiger partial charge in [0, 0.05) is 11.8 Å². The van der Waals surface area contributed by atoms with Gasteiger partial charge < -0.3 is 9.63 Å². The molecule has 120 valence electrons. The lowest BCUT2D eigenvalue weighted by atomic mass is 10.1. The highest BCUT2D eigenvalue weighted by atomic mass is 16.5. The number of aromatic amines is 1. The minimum Gasteiger partial charge on any atom is -0.507 e. The fourth-order valence-corrected chi connectivity index (χ4v) is 2.69. The van der Waals surface area contributed by atoms with Crippen molar-refractivity contribution in [3.63, 3.8) is 0 Å². The number of aryl methyl sites for hydroxylation is 1. The molecule has 4 rings (SSSR count). The summed E-state index contributed by atoms with van der Waals surface area (Å²) in [5.74, 6) is 1.05. The third-order valence-corrected chi connectivity index (χ3v) is 4.04. The summed E-state index contributed by atoms with van der Waals surface area (Å²) in [6.07, 6.45) is 3.19. The fourth-order valence-electron chi connectivity index (χ4n) is 2.69. The average Bonchev–Trinajstić information content (AvgIpc) is 3.23. The van der Waals surface area contributed by atoms with Crippen molar-refractivity contribution >= 4 is 10.9 Å². The molecule has 24 heavy (non-hydrogen) atoms. The van der Waals surface area contributed by atoms with Gasteiger partial charge in [-0.2, -0.15) is 10.1 Å². The zero-order valence-corrected chi connectivity index (χ0v) is 13.2. The Morgan fingerprint density at radius 2 is 2.00 bits per heavy atom. The Balaban J connectivity index is 1.60. The normalized spacial score (nSPS) is 11.2. The molecule has 0 spiro atoms. The van der Waals surface area contributed by atoms with Crippen molar-refractivity contribution < 1.29 is 9.63 Å². The third kappa shape index (κ3) is 2.62. The number of aromatic nitrogens is 4. The van der Waals surface area contributed by atoms with E-state index in [9.17, 15) is 5.11 Å². The van der Waals surface area contributed by atoms with E-state index >= 15 is 0 Å². The van der Waals surface area contributed by atoms with Gasteiger partial charge in [-0.05, 0) is 35.7 Å². The summed E-state index contributed by atoms with van der Waals surface area (Å²) >= 11 is 0. The van der Waals surface area contributed by atoms with Crippen LogP contribution in [0.3, 0.4) is 0 Å². The number of nitrogens with one attached hydrogen (secondary N) is 1. The van der Waals surface area contributed by atoms with Gasteiger partial charge in [0.05, 0.1) is 17.3 Å². The van der Waals surface area contributed by atoms with Crippen molar-refractivity contribution in [2.24, 2.45) is 0 Å². The predicted octanol–water partition coefficient (Wildman–Crippen LogP) is 3.47. The molecule has 2 aromatic heterocycles. The van der Waals surface area contributed by atoms with Crippen LogP contribution in [0.4, 0.5) is 0 Å². The molecule has 2 heterocycles. The second-order valence-corrected chi connectivity index (χ2v) is 5.69. The number of phenols is 1. The Bertz CT molecular complexity index is 1000. The molecule has 6 nitrogen and oxygen atoms in total. The lowest BCUT2D eigenvalue weighted by molar-refractivity contribution is 0.418. The summed E-state index contributed by atoms with van der Waals surface area (Å²) in [6, 6.07) is 11.5. The fraction of sp³-hybridized carbons (Fsp3) is 0.167. The predicted molar refractivity (Wildman–Crippen MR) is 89.7 cm³/mol. The van der Waals surface area contributed by atoms with Crippen LogP contribution in [0.1, 0.15) is 23.9 Å². The standard InChI is InChI=1S/C18H16N4O2/c1-2-11-4-6-14(16(23)8-11)18-20-17(22-24-18)9-12-3-5-13-10-19-21-15(13)7-12/h3-8,10,23H,2,9H2,1H3,(H,19,21). The quantitative estimate of drug-likeness (QED) is 0.601. The number of hydrogen-bond donors (Lipinski definition) is 2. The summed E-state index contributed by atoms with van der Waals surface area (Å²) in [6.45, 7) is 2.04. The molecule has 0 amide bonds. The first-order valence-corrected chi connectivity index (χ1v) is 7.80. The maximum Gasteiger partial charge on any atom is 0.261 e. The van der Waals surface area contributed by atoms with Gasteiger partial charge in [-0.3, -0.25) is 5.10 Å². The zero-order valence-electron chi connectivity index (χ0n) is 13.2. The summed E-state index contributed by atoms with van der Waals surface area (Å²) in [5.41, 5.74) is 3.65. The van der Waals surface area contributed by atoms with Crippen molar-refractivity contribution in [2.75, 3.05) is 0 Å². The minimum atomic E-state index is 0.156. The maximum absolute atomic E-state index is 10.1. The van der Waals surface area contributed by atoms with E-state index in [0.717, 1.165) is 28.5 Å². The van der Waals surface area contributed by atoms with E-state index in [1.165, 1.54) is 0 Å². The summed E-state index contributed by atoms with van der Waals surface area (Å²) in [5, 5.41) is 22.2. The monoisotopic (exact) mass is 320 g/mol. The molecule has 6 heteroatoms. The maximum atomic E-state index is 10.1. The Labute approximate surface area is 138 Å². The van der Waals surface area contributed by atoms with E-state index < -0.39 is 0 Å². The SMILES string of the molecule is CCc1ccc(-c2nc(Cc3ccc4cn[nH]c4c3)no2)c(O)c1. The van der Waals surface area contributed by atoms with Crippen LogP contribution < -0.4 is 0 Å². The second kappa shape index (κ2) is 5.81. The van der Waals surface area contributed by atoms with Crippen molar-refractivity contribution in [3.8, 4) is 17.2 Å². The molecule has 0 atom stereocenters. The molecule has 0 unspecified atom stereocenters. The molecule has 0 fully saturated rings. The van der Waals surface area contributed by atoms with Crippen LogP contribution in [0, 0.1) is 0 Å². The number of nitrogens with zero attached hydrogens (tertiary/aromatic N) is 3. The molecule has 0 radical (unpaired) electrons. The summed E-state index contributed by atoms with van der Waals surface area (Å²) < 4.78 is 5.31. The van der Waals surface area contributed by atoms with E-state index in [2.05, 4.69) is 20.3 Å². The first-order chi connectivity index (χ1) is 11.7.